The highest BCUT2D eigenvalue weighted by molar-refractivity contribution is 5.83. The Morgan fingerprint density at radius 1 is 1.09 bits per heavy atom. The molecule has 3 heteroatoms. The third-order valence-corrected chi connectivity index (χ3v) is 4.28. The van der Waals surface area contributed by atoms with Gasteiger partial charge < -0.3 is 10.1 Å². The summed E-state index contributed by atoms with van der Waals surface area (Å²) in [6.07, 6.45) is 0.968. The molecular formula is C20H25NO2. The lowest BCUT2D eigenvalue weighted by Crippen LogP contribution is -2.32. The summed E-state index contributed by atoms with van der Waals surface area (Å²) >= 11 is 0. The molecule has 0 spiro atoms. The Labute approximate surface area is 138 Å². The first kappa shape index (κ1) is 17.1. The predicted molar refractivity (Wildman–Crippen MR) is 93.5 cm³/mol. The maximum atomic E-state index is 12.7. The first-order valence-corrected chi connectivity index (χ1v) is 8.11. The van der Waals surface area contributed by atoms with Crippen LogP contribution in [0.4, 0.5) is 0 Å². The summed E-state index contributed by atoms with van der Waals surface area (Å²) in [5.74, 6) is 1.09. The molecule has 0 fully saturated rings. The molecule has 0 bridgehead atoms. The zero-order valence-corrected chi connectivity index (χ0v) is 14.1. The SMILES string of the molecule is CC[C@H](C)[C@H](C(=O)NCc1ccc(OC)cc1)c1ccccc1. The highest BCUT2D eigenvalue weighted by Crippen LogP contribution is 2.27. The molecule has 0 aliphatic heterocycles. The molecule has 0 saturated carbocycles. The maximum absolute atomic E-state index is 12.7. The molecule has 0 aromatic heterocycles. The molecule has 0 radical (unpaired) electrons. The first-order valence-electron chi connectivity index (χ1n) is 8.11. The zero-order valence-electron chi connectivity index (χ0n) is 14.1. The lowest BCUT2D eigenvalue weighted by molar-refractivity contribution is -0.123. The maximum Gasteiger partial charge on any atom is 0.228 e. The first-order chi connectivity index (χ1) is 11.2. The van der Waals surface area contributed by atoms with Crippen LogP contribution in [0.2, 0.25) is 0 Å². The van der Waals surface area contributed by atoms with Crippen molar-refractivity contribution in [1.82, 2.24) is 5.32 Å². The standard InChI is InChI=1S/C20H25NO2/c1-4-15(2)19(17-8-6-5-7-9-17)20(22)21-14-16-10-12-18(23-3)13-11-16/h5-13,15,19H,4,14H2,1-3H3,(H,21,22)/t15-,19-/m0/s1. The van der Waals surface area contributed by atoms with Gasteiger partial charge in [-0.2, -0.15) is 0 Å². The van der Waals surface area contributed by atoms with Crippen molar-refractivity contribution in [1.29, 1.82) is 0 Å². The Morgan fingerprint density at radius 2 is 1.74 bits per heavy atom. The number of carbonyl (C=O) groups excluding carboxylic acids is 1. The Morgan fingerprint density at radius 3 is 2.30 bits per heavy atom. The van der Waals surface area contributed by atoms with Crippen LogP contribution in [-0.2, 0) is 11.3 Å². The molecule has 23 heavy (non-hydrogen) atoms. The van der Waals surface area contributed by atoms with Crippen molar-refractivity contribution in [2.45, 2.75) is 32.7 Å². The van der Waals surface area contributed by atoms with E-state index in [0.29, 0.717) is 12.5 Å². The third kappa shape index (κ3) is 4.59. The Balaban J connectivity index is 2.05. The quantitative estimate of drug-likeness (QED) is 0.834. The molecular weight excluding hydrogens is 286 g/mol. The van der Waals surface area contributed by atoms with Crippen molar-refractivity contribution < 1.29 is 9.53 Å². The van der Waals surface area contributed by atoms with Gasteiger partial charge in [0.25, 0.3) is 0 Å². The zero-order chi connectivity index (χ0) is 16.7. The van der Waals surface area contributed by atoms with E-state index in [0.717, 1.165) is 23.3 Å². The largest absolute Gasteiger partial charge is 0.497 e. The summed E-state index contributed by atoms with van der Waals surface area (Å²) in [6.45, 7) is 4.78. The number of carbonyl (C=O) groups is 1. The second-order valence-corrected chi connectivity index (χ2v) is 5.84. The fourth-order valence-electron chi connectivity index (χ4n) is 2.68. The smallest absolute Gasteiger partial charge is 0.228 e. The van der Waals surface area contributed by atoms with Crippen LogP contribution in [0.25, 0.3) is 0 Å². The number of hydrogen-bond acceptors (Lipinski definition) is 2. The van der Waals surface area contributed by atoms with Crippen molar-refractivity contribution in [3.05, 3.63) is 65.7 Å². The van der Waals surface area contributed by atoms with Crippen LogP contribution in [0.1, 0.15) is 37.3 Å². The Kier molecular flexibility index (Phi) is 6.21. The van der Waals surface area contributed by atoms with E-state index in [1.807, 2.05) is 54.6 Å². The van der Waals surface area contributed by atoms with Crippen LogP contribution >= 0.6 is 0 Å². The highest BCUT2D eigenvalue weighted by atomic mass is 16.5. The van der Waals surface area contributed by atoms with E-state index < -0.39 is 0 Å². The molecule has 2 aromatic rings. The van der Waals surface area contributed by atoms with E-state index in [9.17, 15) is 4.79 Å². The number of amides is 1. The highest BCUT2D eigenvalue weighted by Gasteiger charge is 2.25. The van der Waals surface area contributed by atoms with Gasteiger partial charge in [0.1, 0.15) is 5.75 Å². The van der Waals surface area contributed by atoms with E-state index >= 15 is 0 Å². The Hall–Kier alpha value is -2.29. The van der Waals surface area contributed by atoms with Gasteiger partial charge in [-0.15, -0.1) is 0 Å². The number of ether oxygens (including phenoxy) is 1. The number of hydrogen-bond donors (Lipinski definition) is 1. The van der Waals surface area contributed by atoms with E-state index in [1.54, 1.807) is 7.11 Å². The molecule has 2 aromatic carbocycles. The van der Waals surface area contributed by atoms with Crippen molar-refractivity contribution in [3.63, 3.8) is 0 Å². The predicted octanol–water partition coefficient (Wildman–Crippen LogP) is 4.14. The van der Waals surface area contributed by atoms with E-state index in [2.05, 4.69) is 19.2 Å². The monoisotopic (exact) mass is 311 g/mol. The van der Waals surface area contributed by atoms with Gasteiger partial charge in [-0.1, -0.05) is 62.7 Å². The van der Waals surface area contributed by atoms with Gasteiger partial charge >= 0.3 is 0 Å². The van der Waals surface area contributed by atoms with Gasteiger partial charge in [-0.3, -0.25) is 4.79 Å². The molecule has 0 aliphatic carbocycles. The van der Waals surface area contributed by atoms with Crippen LogP contribution in [-0.4, -0.2) is 13.0 Å². The fourth-order valence-corrected chi connectivity index (χ4v) is 2.68. The van der Waals surface area contributed by atoms with Crippen LogP contribution in [0, 0.1) is 5.92 Å². The van der Waals surface area contributed by atoms with Gasteiger partial charge in [0.15, 0.2) is 0 Å². The van der Waals surface area contributed by atoms with Crippen LogP contribution in [0.5, 0.6) is 5.75 Å². The molecule has 1 N–H and O–H groups in total. The summed E-state index contributed by atoms with van der Waals surface area (Å²) in [5, 5.41) is 3.07. The average molecular weight is 311 g/mol. The molecule has 2 rings (SSSR count). The van der Waals surface area contributed by atoms with Gasteiger partial charge in [-0.25, -0.2) is 0 Å². The fraction of sp³-hybridized carbons (Fsp3) is 0.350. The van der Waals surface area contributed by atoms with Crippen molar-refractivity contribution in [2.75, 3.05) is 7.11 Å². The molecule has 0 heterocycles. The average Bonchev–Trinajstić information content (AvgIpc) is 2.61. The summed E-state index contributed by atoms with van der Waals surface area (Å²) < 4.78 is 5.15. The van der Waals surface area contributed by atoms with Gasteiger partial charge in [0, 0.05) is 6.54 Å². The molecule has 0 unspecified atom stereocenters. The van der Waals surface area contributed by atoms with Crippen molar-refractivity contribution in [2.24, 2.45) is 5.92 Å². The minimum absolute atomic E-state index is 0.0846. The number of rotatable bonds is 7. The molecule has 3 nitrogen and oxygen atoms in total. The van der Waals surface area contributed by atoms with Crippen molar-refractivity contribution >= 4 is 5.91 Å². The van der Waals surface area contributed by atoms with Gasteiger partial charge in [-0.05, 0) is 29.2 Å². The number of benzene rings is 2. The summed E-state index contributed by atoms with van der Waals surface area (Å²) in [4.78, 5) is 12.7. The van der Waals surface area contributed by atoms with Crippen LogP contribution < -0.4 is 10.1 Å². The van der Waals surface area contributed by atoms with E-state index in [4.69, 9.17) is 4.74 Å². The normalized spacial score (nSPS) is 13.2. The summed E-state index contributed by atoms with van der Waals surface area (Å²) in [7, 11) is 1.65. The van der Waals surface area contributed by atoms with Crippen LogP contribution in [0.3, 0.4) is 0 Å². The molecule has 1 amide bonds. The number of methoxy groups -OCH3 is 1. The molecule has 2 atom stereocenters. The Bertz CT molecular complexity index is 607. The second-order valence-electron chi connectivity index (χ2n) is 5.84. The minimum atomic E-state index is -0.112. The lowest BCUT2D eigenvalue weighted by Gasteiger charge is -2.23. The molecule has 0 aliphatic rings. The third-order valence-electron chi connectivity index (χ3n) is 4.28. The second kappa shape index (κ2) is 8.37. The molecule has 122 valence electrons. The van der Waals surface area contributed by atoms with E-state index in [-0.39, 0.29) is 11.8 Å². The minimum Gasteiger partial charge on any atom is -0.497 e. The summed E-state index contributed by atoms with van der Waals surface area (Å²) in [6, 6.07) is 17.8. The summed E-state index contributed by atoms with van der Waals surface area (Å²) in [5.41, 5.74) is 2.14. The van der Waals surface area contributed by atoms with Crippen molar-refractivity contribution in [3.8, 4) is 5.75 Å². The molecule has 0 saturated heterocycles. The number of nitrogens with one attached hydrogen (secondary N) is 1. The van der Waals surface area contributed by atoms with Gasteiger partial charge in [0.05, 0.1) is 13.0 Å². The van der Waals surface area contributed by atoms with Crippen LogP contribution in [0.15, 0.2) is 54.6 Å². The van der Waals surface area contributed by atoms with E-state index in [1.165, 1.54) is 0 Å². The van der Waals surface area contributed by atoms with Gasteiger partial charge in [0.2, 0.25) is 5.91 Å². The topological polar surface area (TPSA) is 38.3 Å². The lowest BCUT2D eigenvalue weighted by atomic mass is 9.85.